The third-order valence-electron chi connectivity index (χ3n) is 7.14. The van der Waals surface area contributed by atoms with Gasteiger partial charge in [-0.3, -0.25) is 9.59 Å². The maximum atomic E-state index is 12.7. The van der Waals surface area contributed by atoms with E-state index in [0.29, 0.717) is 30.4 Å². The van der Waals surface area contributed by atoms with Gasteiger partial charge in [-0.05, 0) is 61.6 Å². The molecule has 1 amide bonds. The van der Waals surface area contributed by atoms with Crippen LogP contribution in [0.15, 0.2) is 47.1 Å². The van der Waals surface area contributed by atoms with E-state index in [2.05, 4.69) is 16.2 Å². The molecule has 7 nitrogen and oxygen atoms in total. The lowest BCUT2D eigenvalue weighted by Crippen LogP contribution is -2.37. The summed E-state index contributed by atoms with van der Waals surface area (Å²) in [6.07, 6.45) is 9.16. The largest absolute Gasteiger partial charge is 0.360 e. The number of nitrogens with zero attached hydrogens (tertiary/aromatic N) is 4. The number of benzene rings is 1. The Labute approximate surface area is 205 Å². The summed E-state index contributed by atoms with van der Waals surface area (Å²) in [5.74, 6) is 2.87. The molecule has 2 aliphatic rings. The normalized spacial score (nSPS) is 16.4. The molecule has 1 aliphatic heterocycles. The third-order valence-corrected chi connectivity index (χ3v) is 7.14. The predicted octanol–water partition coefficient (Wildman–Crippen LogP) is 4.55. The molecule has 3 aromatic rings. The van der Waals surface area contributed by atoms with Crippen molar-refractivity contribution in [1.29, 1.82) is 0 Å². The van der Waals surface area contributed by atoms with Gasteiger partial charge in [0.15, 0.2) is 5.78 Å². The van der Waals surface area contributed by atoms with Gasteiger partial charge >= 0.3 is 0 Å². The third kappa shape index (κ3) is 6.21. The fourth-order valence-corrected chi connectivity index (χ4v) is 4.84. The summed E-state index contributed by atoms with van der Waals surface area (Å²) in [6.45, 7) is 3.38. The molecule has 0 bridgehead atoms. The second-order valence-electron chi connectivity index (χ2n) is 9.94. The molecule has 1 aromatic carbocycles. The molecule has 2 aromatic heterocycles. The van der Waals surface area contributed by atoms with E-state index in [1.807, 2.05) is 35.4 Å². The highest BCUT2D eigenvalue weighted by atomic mass is 16.5. The number of aryl methyl sites for hydroxylation is 1. The molecule has 182 valence electrons. The molecule has 0 spiro atoms. The summed E-state index contributed by atoms with van der Waals surface area (Å²) in [6, 6.07) is 11.9. The van der Waals surface area contributed by atoms with Crippen molar-refractivity contribution in [1.82, 2.24) is 20.0 Å². The summed E-state index contributed by atoms with van der Waals surface area (Å²) < 4.78 is 5.33. The zero-order chi connectivity index (χ0) is 24.2. The first-order valence-corrected chi connectivity index (χ1v) is 12.7. The number of rotatable bonds is 9. The van der Waals surface area contributed by atoms with E-state index in [9.17, 15) is 9.59 Å². The Kier molecular flexibility index (Phi) is 7.02. The molecule has 2 fully saturated rings. The molecule has 3 heterocycles. The number of hydrogen-bond donors (Lipinski definition) is 0. The zero-order valence-corrected chi connectivity index (χ0v) is 20.3. The van der Waals surface area contributed by atoms with E-state index in [0.717, 1.165) is 80.0 Å². The number of aromatic nitrogens is 3. The maximum Gasteiger partial charge on any atom is 0.219 e. The minimum absolute atomic E-state index is 0.0230. The highest BCUT2D eigenvalue weighted by molar-refractivity contribution is 5.95. The average Bonchev–Trinajstić information content (AvgIpc) is 3.59. The lowest BCUT2D eigenvalue weighted by atomic mass is 9.91. The van der Waals surface area contributed by atoms with Crippen molar-refractivity contribution >= 4 is 11.7 Å². The van der Waals surface area contributed by atoms with Crippen LogP contribution in [0.1, 0.15) is 83.8 Å². The monoisotopic (exact) mass is 472 g/mol. The van der Waals surface area contributed by atoms with Crippen LogP contribution in [0, 0.1) is 5.92 Å². The van der Waals surface area contributed by atoms with Gasteiger partial charge in [0.2, 0.25) is 5.91 Å². The van der Waals surface area contributed by atoms with Crippen molar-refractivity contribution in [3.63, 3.8) is 0 Å². The number of piperidine rings is 1. The number of likely N-dealkylation sites (tertiary alicyclic amines) is 1. The predicted molar refractivity (Wildman–Crippen MR) is 131 cm³/mol. The van der Waals surface area contributed by atoms with Crippen LogP contribution in [0.2, 0.25) is 0 Å². The molecular formula is C28H32N4O3. The summed E-state index contributed by atoms with van der Waals surface area (Å²) >= 11 is 0. The molecule has 5 rings (SSSR count). The van der Waals surface area contributed by atoms with Crippen LogP contribution in [0.5, 0.6) is 0 Å². The fourth-order valence-electron chi connectivity index (χ4n) is 4.84. The topological polar surface area (TPSA) is 89.2 Å². The first-order valence-electron chi connectivity index (χ1n) is 12.7. The van der Waals surface area contributed by atoms with E-state index >= 15 is 0 Å². The number of ketones is 1. The van der Waals surface area contributed by atoms with Crippen LogP contribution in [-0.4, -0.2) is 44.8 Å². The SMILES string of the molecule is CC(=O)N1CCC(CCc2ccnc(Cc3cccc(CC(=O)c4cc(C5CC5)on4)c3)n2)CC1. The Morgan fingerprint density at radius 3 is 2.63 bits per heavy atom. The van der Waals surface area contributed by atoms with Crippen molar-refractivity contribution in [2.24, 2.45) is 5.92 Å². The van der Waals surface area contributed by atoms with E-state index in [1.165, 1.54) is 0 Å². The van der Waals surface area contributed by atoms with Gasteiger partial charge in [0.1, 0.15) is 17.3 Å². The second kappa shape index (κ2) is 10.5. The van der Waals surface area contributed by atoms with Crippen molar-refractivity contribution in [3.05, 3.63) is 76.7 Å². The Balaban J connectivity index is 1.15. The Morgan fingerprint density at radius 1 is 1.06 bits per heavy atom. The zero-order valence-electron chi connectivity index (χ0n) is 20.3. The smallest absolute Gasteiger partial charge is 0.219 e. The van der Waals surface area contributed by atoms with Crippen molar-refractivity contribution in [2.75, 3.05) is 13.1 Å². The summed E-state index contributed by atoms with van der Waals surface area (Å²) in [5, 5.41) is 3.97. The molecule has 35 heavy (non-hydrogen) atoms. The maximum absolute atomic E-state index is 12.7. The van der Waals surface area contributed by atoms with Gasteiger partial charge in [-0.15, -0.1) is 0 Å². The van der Waals surface area contributed by atoms with Crippen LogP contribution in [0.3, 0.4) is 0 Å². The summed E-state index contributed by atoms with van der Waals surface area (Å²) in [4.78, 5) is 35.4. The minimum atomic E-state index is -0.0230. The molecule has 0 unspecified atom stereocenters. The van der Waals surface area contributed by atoms with E-state index < -0.39 is 0 Å². The van der Waals surface area contributed by atoms with Gasteiger partial charge in [0.25, 0.3) is 0 Å². The van der Waals surface area contributed by atoms with Crippen molar-refractivity contribution < 1.29 is 14.1 Å². The number of carbonyl (C=O) groups excluding carboxylic acids is 2. The standard InChI is InChI=1S/C28H32N4O3/c1-19(33)32-13-10-20(11-14-32)5-8-24-9-12-29-28(30-24)17-22-4-2-3-21(15-22)16-26(34)25-18-27(35-31-25)23-6-7-23/h2-4,9,12,15,18,20,23H,5-8,10-11,13-14,16-17H2,1H3. The van der Waals surface area contributed by atoms with Crippen LogP contribution >= 0.6 is 0 Å². The molecule has 0 atom stereocenters. The van der Waals surface area contributed by atoms with Crippen molar-refractivity contribution in [2.45, 2.75) is 64.2 Å². The lowest BCUT2D eigenvalue weighted by Gasteiger charge is -2.31. The number of hydrogen-bond acceptors (Lipinski definition) is 6. The highest BCUT2D eigenvalue weighted by Gasteiger charge is 2.29. The molecule has 1 saturated heterocycles. The summed E-state index contributed by atoms with van der Waals surface area (Å²) in [7, 11) is 0. The molecule has 1 saturated carbocycles. The van der Waals surface area contributed by atoms with Crippen molar-refractivity contribution in [3.8, 4) is 0 Å². The lowest BCUT2D eigenvalue weighted by molar-refractivity contribution is -0.130. The molecule has 0 radical (unpaired) electrons. The van der Waals surface area contributed by atoms with Crippen LogP contribution in [-0.2, 0) is 24.1 Å². The average molecular weight is 473 g/mol. The Hall–Kier alpha value is -3.35. The number of amides is 1. The Bertz CT molecular complexity index is 1190. The molecule has 7 heteroatoms. The molecule has 1 aliphatic carbocycles. The van der Waals surface area contributed by atoms with Gasteiger partial charge in [0.05, 0.1) is 0 Å². The van der Waals surface area contributed by atoms with Crippen LogP contribution in [0.4, 0.5) is 0 Å². The minimum Gasteiger partial charge on any atom is -0.360 e. The van der Waals surface area contributed by atoms with Gasteiger partial charge < -0.3 is 9.42 Å². The molecule has 0 N–H and O–H groups in total. The Morgan fingerprint density at radius 2 is 1.86 bits per heavy atom. The van der Waals surface area contributed by atoms with Crippen LogP contribution < -0.4 is 0 Å². The van der Waals surface area contributed by atoms with E-state index in [4.69, 9.17) is 9.51 Å². The summed E-state index contributed by atoms with van der Waals surface area (Å²) in [5.41, 5.74) is 3.52. The van der Waals surface area contributed by atoms with Gasteiger partial charge in [-0.2, -0.15) is 0 Å². The van der Waals surface area contributed by atoms with E-state index in [-0.39, 0.29) is 11.7 Å². The highest BCUT2D eigenvalue weighted by Crippen LogP contribution is 2.40. The number of Topliss-reactive ketones (excluding diaryl/α,β-unsaturated/α-hetero) is 1. The van der Waals surface area contributed by atoms with Gasteiger partial charge in [-0.1, -0.05) is 29.4 Å². The fraction of sp³-hybridized carbons (Fsp3) is 0.464. The first-order chi connectivity index (χ1) is 17.0. The van der Waals surface area contributed by atoms with Gasteiger partial charge in [-0.25, -0.2) is 9.97 Å². The first kappa shape index (κ1) is 23.4. The van der Waals surface area contributed by atoms with Gasteiger partial charge in [0, 0.05) is 56.7 Å². The van der Waals surface area contributed by atoms with Crippen LogP contribution in [0.25, 0.3) is 0 Å². The second-order valence-corrected chi connectivity index (χ2v) is 9.94. The molecular weight excluding hydrogens is 440 g/mol. The van der Waals surface area contributed by atoms with E-state index in [1.54, 1.807) is 13.0 Å². The number of carbonyl (C=O) groups is 2. The quantitative estimate of drug-likeness (QED) is 0.425.